The summed E-state index contributed by atoms with van der Waals surface area (Å²) >= 11 is 0. The SMILES string of the molecule is CCCNC(=O)CN(C)c1ncc(CNCC)cn1. The van der Waals surface area contributed by atoms with Crippen LogP contribution in [0.5, 0.6) is 0 Å². The topological polar surface area (TPSA) is 70.2 Å². The third-order valence-corrected chi connectivity index (χ3v) is 2.57. The van der Waals surface area contributed by atoms with E-state index >= 15 is 0 Å². The highest BCUT2D eigenvalue weighted by atomic mass is 16.2. The van der Waals surface area contributed by atoms with Crippen molar-refractivity contribution >= 4 is 11.9 Å². The van der Waals surface area contributed by atoms with Gasteiger partial charge in [-0.1, -0.05) is 13.8 Å². The van der Waals surface area contributed by atoms with Gasteiger partial charge in [0, 0.05) is 38.1 Å². The molecule has 0 bridgehead atoms. The van der Waals surface area contributed by atoms with Gasteiger partial charge in [-0.25, -0.2) is 9.97 Å². The van der Waals surface area contributed by atoms with Crippen molar-refractivity contribution in [2.45, 2.75) is 26.8 Å². The number of amides is 1. The molecule has 0 aliphatic heterocycles. The molecule has 1 rings (SSSR count). The van der Waals surface area contributed by atoms with E-state index in [2.05, 4.69) is 27.5 Å². The summed E-state index contributed by atoms with van der Waals surface area (Å²) in [6.07, 6.45) is 4.50. The molecule has 1 aromatic heterocycles. The standard InChI is InChI=1S/C13H23N5O/c1-4-6-15-12(19)10-18(3)13-16-8-11(9-17-13)7-14-5-2/h8-9,14H,4-7,10H2,1-3H3,(H,15,19). The fourth-order valence-corrected chi connectivity index (χ4v) is 1.51. The van der Waals surface area contributed by atoms with Gasteiger partial charge >= 0.3 is 0 Å². The Morgan fingerprint density at radius 3 is 2.58 bits per heavy atom. The first kappa shape index (κ1) is 15.4. The minimum Gasteiger partial charge on any atom is -0.355 e. The lowest BCUT2D eigenvalue weighted by Crippen LogP contribution is -2.36. The van der Waals surface area contributed by atoms with Crippen molar-refractivity contribution in [2.24, 2.45) is 0 Å². The Bertz CT molecular complexity index is 379. The molecule has 1 aromatic rings. The first-order chi connectivity index (χ1) is 9.17. The van der Waals surface area contributed by atoms with Crippen LogP contribution in [0, 0.1) is 0 Å². The Labute approximate surface area is 114 Å². The fraction of sp³-hybridized carbons (Fsp3) is 0.615. The van der Waals surface area contributed by atoms with Crippen molar-refractivity contribution in [3.8, 4) is 0 Å². The van der Waals surface area contributed by atoms with Gasteiger partial charge in [0.15, 0.2) is 0 Å². The number of carbonyl (C=O) groups is 1. The molecule has 0 spiro atoms. The van der Waals surface area contributed by atoms with Crippen LogP contribution in [-0.4, -0.2) is 42.6 Å². The summed E-state index contributed by atoms with van der Waals surface area (Å²) < 4.78 is 0. The molecule has 19 heavy (non-hydrogen) atoms. The zero-order valence-electron chi connectivity index (χ0n) is 11.9. The Morgan fingerprint density at radius 2 is 2.00 bits per heavy atom. The number of carbonyl (C=O) groups excluding carboxylic acids is 1. The molecular formula is C13H23N5O. The summed E-state index contributed by atoms with van der Waals surface area (Å²) in [7, 11) is 1.81. The Balaban J connectivity index is 2.48. The van der Waals surface area contributed by atoms with Crippen LogP contribution in [-0.2, 0) is 11.3 Å². The number of aromatic nitrogens is 2. The van der Waals surface area contributed by atoms with Crippen molar-refractivity contribution in [3.05, 3.63) is 18.0 Å². The van der Waals surface area contributed by atoms with E-state index in [1.165, 1.54) is 0 Å². The van der Waals surface area contributed by atoms with Crippen LogP contribution in [0.4, 0.5) is 5.95 Å². The van der Waals surface area contributed by atoms with Crippen LogP contribution < -0.4 is 15.5 Å². The van der Waals surface area contributed by atoms with Crippen molar-refractivity contribution in [2.75, 3.05) is 31.6 Å². The number of anilines is 1. The van der Waals surface area contributed by atoms with Gasteiger partial charge < -0.3 is 15.5 Å². The second kappa shape index (κ2) is 8.42. The molecular weight excluding hydrogens is 242 g/mol. The largest absolute Gasteiger partial charge is 0.355 e. The van der Waals surface area contributed by atoms with Crippen LogP contribution in [0.15, 0.2) is 12.4 Å². The molecule has 0 aromatic carbocycles. The molecule has 1 amide bonds. The predicted octanol–water partition coefficient (Wildman–Crippen LogP) is 0.549. The van der Waals surface area contributed by atoms with E-state index < -0.39 is 0 Å². The van der Waals surface area contributed by atoms with Crippen LogP contribution in [0.1, 0.15) is 25.8 Å². The summed E-state index contributed by atoms with van der Waals surface area (Å²) in [6.45, 7) is 6.73. The summed E-state index contributed by atoms with van der Waals surface area (Å²) in [5, 5.41) is 6.04. The van der Waals surface area contributed by atoms with Crippen molar-refractivity contribution < 1.29 is 4.79 Å². The van der Waals surface area contributed by atoms with Crippen LogP contribution in [0.2, 0.25) is 0 Å². The summed E-state index contributed by atoms with van der Waals surface area (Å²) in [5.74, 6) is 0.552. The second-order valence-electron chi connectivity index (χ2n) is 4.38. The van der Waals surface area contributed by atoms with Gasteiger partial charge in [0.05, 0.1) is 6.54 Å². The molecule has 1 heterocycles. The number of nitrogens with one attached hydrogen (secondary N) is 2. The minimum atomic E-state index is -0.00956. The van der Waals surface area contributed by atoms with Crippen molar-refractivity contribution in [1.82, 2.24) is 20.6 Å². The maximum Gasteiger partial charge on any atom is 0.239 e. The highest BCUT2D eigenvalue weighted by molar-refractivity contribution is 5.80. The number of rotatable bonds is 8. The van der Waals surface area contributed by atoms with E-state index in [4.69, 9.17) is 0 Å². The Hall–Kier alpha value is -1.69. The summed E-state index contributed by atoms with van der Waals surface area (Å²) in [6, 6.07) is 0. The van der Waals surface area contributed by atoms with Crippen LogP contribution >= 0.6 is 0 Å². The maximum atomic E-state index is 11.6. The van der Waals surface area contributed by atoms with E-state index in [9.17, 15) is 4.79 Å². The maximum absolute atomic E-state index is 11.6. The van der Waals surface area contributed by atoms with Gasteiger partial charge in [0.25, 0.3) is 0 Å². The molecule has 0 atom stereocenters. The lowest BCUT2D eigenvalue weighted by atomic mass is 10.3. The Kier molecular flexibility index (Phi) is 6.81. The van der Waals surface area contributed by atoms with Gasteiger partial charge in [0.1, 0.15) is 0 Å². The minimum absolute atomic E-state index is 0.00956. The first-order valence-corrected chi connectivity index (χ1v) is 6.66. The molecule has 0 saturated heterocycles. The third kappa shape index (κ3) is 5.65. The normalized spacial score (nSPS) is 10.3. The van der Waals surface area contributed by atoms with Gasteiger partial charge in [-0.3, -0.25) is 4.79 Å². The highest BCUT2D eigenvalue weighted by Crippen LogP contribution is 2.04. The molecule has 0 fully saturated rings. The average molecular weight is 265 g/mol. The van der Waals surface area contributed by atoms with Gasteiger partial charge in [-0.05, 0) is 13.0 Å². The van der Waals surface area contributed by atoms with E-state index in [0.717, 1.165) is 25.1 Å². The quantitative estimate of drug-likeness (QED) is 0.718. The van der Waals surface area contributed by atoms with E-state index in [1.54, 1.807) is 17.3 Å². The molecule has 2 N–H and O–H groups in total. The molecule has 6 heteroatoms. The van der Waals surface area contributed by atoms with Gasteiger partial charge in [-0.15, -0.1) is 0 Å². The van der Waals surface area contributed by atoms with Crippen molar-refractivity contribution in [1.29, 1.82) is 0 Å². The lowest BCUT2D eigenvalue weighted by molar-refractivity contribution is -0.119. The van der Waals surface area contributed by atoms with Crippen LogP contribution in [0.25, 0.3) is 0 Å². The van der Waals surface area contributed by atoms with E-state index in [1.807, 2.05) is 14.0 Å². The van der Waals surface area contributed by atoms with E-state index in [0.29, 0.717) is 12.5 Å². The van der Waals surface area contributed by atoms with Gasteiger partial charge in [0.2, 0.25) is 11.9 Å². The monoisotopic (exact) mass is 265 g/mol. The second-order valence-corrected chi connectivity index (χ2v) is 4.38. The molecule has 106 valence electrons. The molecule has 0 saturated carbocycles. The average Bonchev–Trinajstić information content (AvgIpc) is 2.43. The molecule has 0 aliphatic carbocycles. The predicted molar refractivity (Wildman–Crippen MR) is 76.0 cm³/mol. The smallest absolute Gasteiger partial charge is 0.239 e. The lowest BCUT2D eigenvalue weighted by Gasteiger charge is -2.16. The number of hydrogen-bond acceptors (Lipinski definition) is 5. The van der Waals surface area contributed by atoms with E-state index in [-0.39, 0.29) is 12.5 Å². The molecule has 0 unspecified atom stereocenters. The number of hydrogen-bond donors (Lipinski definition) is 2. The van der Waals surface area contributed by atoms with Crippen LogP contribution in [0.3, 0.4) is 0 Å². The molecule has 0 radical (unpaired) electrons. The number of nitrogens with zero attached hydrogens (tertiary/aromatic N) is 3. The Morgan fingerprint density at radius 1 is 1.32 bits per heavy atom. The zero-order chi connectivity index (χ0) is 14.1. The molecule has 0 aliphatic rings. The van der Waals surface area contributed by atoms with Gasteiger partial charge in [-0.2, -0.15) is 0 Å². The zero-order valence-corrected chi connectivity index (χ0v) is 11.9. The molecule has 6 nitrogen and oxygen atoms in total. The third-order valence-electron chi connectivity index (χ3n) is 2.57. The number of likely N-dealkylation sites (N-methyl/N-ethyl adjacent to an activating group) is 1. The summed E-state index contributed by atoms with van der Waals surface area (Å²) in [5.41, 5.74) is 1.04. The van der Waals surface area contributed by atoms with Crippen molar-refractivity contribution in [3.63, 3.8) is 0 Å². The first-order valence-electron chi connectivity index (χ1n) is 6.66. The fourth-order valence-electron chi connectivity index (χ4n) is 1.51. The highest BCUT2D eigenvalue weighted by Gasteiger charge is 2.08. The summed E-state index contributed by atoms with van der Waals surface area (Å²) in [4.78, 5) is 21.8.